The average Bonchev–Trinajstić information content (AvgIpc) is 3.20. The first-order valence-corrected chi connectivity index (χ1v) is 12.4. The molecule has 9 heteroatoms. The smallest absolute Gasteiger partial charge is 0.257 e. The van der Waals surface area contributed by atoms with Gasteiger partial charge in [-0.25, -0.2) is 4.98 Å². The number of carbonyl (C=O) groups is 2. The maximum Gasteiger partial charge on any atom is 0.257 e. The number of hydrogen-bond acceptors (Lipinski definition) is 6. The number of aryl methyl sites for hydroxylation is 1. The zero-order valence-corrected chi connectivity index (χ0v) is 20.7. The van der Waals surface area contributed by atoms with Crippen molar-refractivity contribution >= 4 is 56.5 Å². The van der Waals surface area contributed by atoms with E-state index in [-0.39, 0.29) is 17.7 Å². The van der Waals surface area contributed by atoms with Crippen LogP contribution >= 0.6 is 23.1 Å². The van der Waals surface area contributed by atoms with Gasteiger partial charge < -0.3 is 15.1 Å². The minimum atomic E-state index is -0.0961. The van der Waals surface area contributed by atoms with E-state index in [0.717, 1.165) is 21.6 Å². The summed E-state index contributed by atoms with van der Waals surface area (Å²) in [6.07, 6.45) is 3.09. The number of aromatic nitrogens is 2. The van der Waals surface area contributed by atoms with Crippen molar-refractivity contribution in [3.63, 3.8) is 0 Å². The van der Waals surface area contributed by atoms with Crippen molar-refractivity contribution < 1.29 is 9.59 Å². The molecule has 4 rings (SSSR count). The SMILES string of the molecule is CCN(CC)C(=O)c1cnc2snc(C)c2c1N1CCC(C(=O)Nc2cccc(Cl)c2)CC1. The second kappa shape index (κ2) is 10.1. The number of fused-ring (bicyclic) bond motifs is 1. The molecule has 1 aromatic carbocycles. The lowest BCUT2D eigenvalue weighted by atomic mass is 9.94. The fourth-order valence-electron chi connectivity index (χ4n) is 4.38. The Morgan fingerprint density at radius 1 is 1.24 bits per heavy atom. The minimum Gasteiger partial charge on any atom is -0.370 e. The number of piperidine rings is 1. The maximum absolute atomic E-state index is 13.3. The summed E-state index contributed by atoms with van der Waals surface area (Å²) in [5.74, 6) is -0.110. The Kier molecular flexibility index (Phi) is 7.14. The molecule has 0 bridgehead atoms. The summed E-state index contributed by atoms with van der Waals surface area (Å²) in [7, 11) is 0. The van der Waals surface area contributed by atoms with Gasteiger partial charge in [-0.15, -0.1) is 0 Å². The van der Waals surface area contributed by atoms with E-state index in [1.165, 1.54) is 11.5 Å². The van der Waals surface area contributed by atoms with E-state index in [0.29, 0.717) is 55.3 Å². The summed E-state index contributed by atoms with van der Waals surface area (Å²) in [5.41, 5.74) is 3.10. The van der Waals surface area contributed by atoms with E-state index < -0.39 is 0 Å². The van der Waals surface area contributed by atoms with Crippen molar-refractivity contribution in [3.8, 4) is 0 Å². The van der Waals surface area contributed by atoms with Crippen LogP contribution in [0.4, 0.5) is 11.4 Å². The van der Waals surface area contributed by atoms with Crippen LogP contribution in [0.3, 0.4) is 0 Å². The molecule has 174 valence electrons. The highest BCUT2D eigenvalue weighted by atomic mass is 35.5. The summed E-state index contributed by atoms with van der Waals surface area (Å²) in [5, 5.41) is 4.52. The van der Waals surface area contributed by atoms with Crippen molar-refractivity contribution in [1.29, 1.82) is 0 Å². The zero-order chi connectivity index (χ0) is 23.5. The molecule has 0 saturated carbocycles. The molecule has 0 spiro atoms. The Morgan fingerprint density at radius 2 is 1.97 bits per heavy atom. The van der Waals surface area contributed by atoms with Crippen LogP contribution in [0.2, 0.25) is 5.02 Å². The van der Waals surface area contributed by atoms with Gasteiger partial charge in [-0.3, -0.25) is 9.59 Å². The van der Waals surface area contributed by atoms with Gasteiger partial charge in [-0.1, -0.05) is 17.7 Å². The van der Waals surface area contributed by atoms with Crippen LogP contribution in [-0.4, -0.2) is 52.3 Å². The molecule has 1 saturated heterocycles. The van der Waals surface area contributed by atoms with Crippen LogP contribution in [-0.2, 0) is 4.79 Å². The van der Waals surface area contributed by atoms with Gasteiger partial charge in [0.05, 0.1) is 22.3 Å². The second-order valence-corrected chi connectivity index (χ2v) is 9.40. The molecule has 0 atom stereocenters. The lowest BCUT2D eigenvalue weighted by molar-refractivity contribution is -0.120. The van der Waals surface area contributed by atoms with Crippen LogP contribution in [0.1, 0.15) is 42.7 Å². The normalized spacial score (nSPS) is 14.5. The highest BCUT2D eigenvalue weighted by Crippen LogP contribution is 2.37. The Hall–Kier alpha value is -2.71. The van der Waals surface area contributed by atoms with Crippen molar-refractivity contribution in [2.45, 2.75) is 33.6 Å². The first-order valence-electron chi connectivity index (χ1n) is 11.3. The Labute approximate surface area is 202 Å². The molecule has 33 heavy (non-hydrogen) atoms. The van der Waals surface area contributed by atoms with Gasteiger partial charge in [-0.05, 0) is 63.3 Å². The first-order chi connectivity index (χ1) is 15.9. The van der Waals surface area contributed by atoms with Gasteiger partial charge >= 0.3 is 0 Å². The summed E-state index contributed by atoms with van der Waals surface area (Å²) < 4.78 is 4.49. The maximum atomic E-state index is 13.3. The van der Waals surface area contributed by atoms with E-state index >= 15 is 0 Å². The van der Waals surface area contributed by atoms with Gasteiger partial charge in [-0.2, -0.15) is 4.37 Å². The van der Waals surface area contributed by atoms with Gasteiger partial charge in [0.25, 0.3) is 5.91 Å². The standard InChI is InChI=1S/C24H28ClN5O2S/c1-4-29(5-2)24(32)19-14-26-23-20(15(3)28-33-23)21(19)30-11-9-16(10-12-30)22(31)27-18-8-6-7-17(25)13-18/h6-8,13-14,16H,4-5,9-12H2,1-3H3,(H,27,31). The Morgan fingerprint density at radius 3 is 2.64 bits per heavy atom. The molecular weight excluding hydrogens is 458 g/mol. The summed E-state index contributed by atoms with van der Waals surface area (Å²) >= 11 is 7.39. The number of nitrogens with one attached hydrogen (secondary N) is 1. The monoisotopic (exact) mass is 485 g/mol. The lowest BCUT2D eigenvalue weighted by Gasteiger charge is -2.35. The minimum absolute atomic E-state index is 0.00427. The number of amides is 2. The van der Waals surface area contributed by atoms with Crippen LogP contribution in [0.5, 0.6) is 0 Å². The number of carbonyl (C=O) groups excluding carboxylic acids is 2. The lowest BCUT2D eigenvalue weighted by Crippen LogP contribution is -2.40. The fraction of sp³-hybridized carbons (Fsp3) is 0.417. The summed E-state index contributed by atoms with van der Waals surface area (Å²) in [6, 6.07) is 7.19. The van der Waals surface area contributed by atoms with Gasteiger partial charge in [0.2, 0.25) is 5.91 Å². The molecule has 0 unspecified atom stereocenters. The summed E-state index contributed by atoms with van der Waals surface area (Å²) in [4.78, 5) is 35.6. The number of halogens is 1. The number of nitrogens with zero attached hydrogens (tertiary/aromatic N) is 4. The van der Waals surface area contributed by atoms with Crippen molar-refractivity contribution in [1.82, 2.24) is 14.3 Å². The molecule has 2 amide bonds. The van der Waals surface area contributed by atoms with E-state index in [1.807, 2.05) is 37.8 Å². The molecule has 3 aromatic rings. The van der Waals surface area contributed by atoms with E-state index in [4.69, 9.17) is 11.6 Å². The van der Waals surface area contributed by atoms with Crippen molar-refractivity contribution in [2.24, 2.45) is 5.92 Å². The topological polar surface area (TPSA) is 78.4 Å². The average molecular weight is 486 g/mol. The van der Waals surface area contributed by atoms with E-state index in [9.17, 15) is 9.59 Å². The highest BCUT2D eigenvalue weighted by Gasteiger charge is 2.30. The van der Waals surface area contributed by atoms with Crippen LogP contribution in [0.15, 0.2) is 30.5 Å². The van der Waals surface area contributed by atoms with E-state index in [1.54, 1.807) is 18.3 Å². The molecular formula is C24H28ClN5O2S. The number of rotatable bonds is 6. The number of pyridine rings is 1. The van der Waals surface area contributed by atoms with Gasteiger partial charge in [0, 0.05) is 49.0 Å². The molecule has 3 heterocycles. The molecule has 1 aliphatic rings. The first kappa shape index (κ1) is 23.4. The predicted molar refractivity (Wildman–Crippen MR) is 134 cm³/mol. The largest absolute Gasteiger partial charge is 0.370 e. The third kappa shape index (κ3) is 4.82. The third-order valence-electron chi connectivity index (χ3n) is 6.20. The Bertz CT molecular complexity index is 1170. The Balaban J connectivity index is 1.57. The molecule has 1 N–H and O–H groups in total. The van der Waals surface area contributed by atoms with E-state index in [2.05, 4.69) is 19.6 Å². The molecule has 0 aliphatic carbocycles. The van der Waals surface area contributed by atoms with Gasteiger partial charge in [0.1, 0.15) is 4.83 Å². The molecule has 2 aromatic heterocycles. The quantitative estimate of drug-likeness (QED) is 0.532. The second-order valence-electron chi connectivity index (χ2n) is 8.21. The van der Waals surface area contributed by atoms with Crippen LogP contribution in [0.25, 0.3) is 10.2 Å². The molecule has 1 aliphatic heterocycles. The van der Waals surface area contributed by atoms with Crippen LogP contribution in [0, 0.1) is 12.8 Å². The highest BCUT2D eigenvalue weighted by molar-refractivity contribution is 7.13. The van der Waals surface area contributed by atoms with Crippen LogP contribution < -0.4 is 10.2 Å². The van der Waals surface area contributed by atoms with Crippen molar-refractivity contribution in [3.05, 3.63) is 46.7 Å². The fourth-order valence-corrected chi connectivity index (χ4v) is 5.32. The number of hydrogen-bond donors (Lipinski definition) is 1. The molecule has 0 radical (unpaired) electrons. The van der Waals surface area contributed by atoms with Crippen molar-refractivity contribution in [2.75, 3.05) is 36.4 Å². The number of anilines is 2. The molecule has 1 fully saturated rings. The zero-order valence-electron chi connectivity index (χ0n) is 19.1. The summed E-state index contributed by atoms with van der Waals surface area (Å²) in [6.45, 7) is 8.56. The molecule has 7 nitrogen and oxygen atoms in total. The predicted octanol–water partition coefficient (Wildman–Crippen LogP) is 4.99. The number of benzene rings is 1. The van der Waals surface area contributed by atoms with Gasteiger partial charge in [0.15, 0.2) is 0 Å². The third-order valence-corrected chi connectivity index (χ3v) is 7.29.